The summed E-state index contributed by atoms with van der Waals surface area (Å²) in [6.45, 7) is 0. The summed E-state index contributed by atoms with van der Waals surface area (Å²) in [7, 11) is 0. The van der Waals surface area contributed by atoms with Gasteiger partial charge in [-0.2, -0.15) is 0 Å². The number of carbonyl (C=O) groups excluding carboxylic acids is 3. The van der Waals surface area contributed by atoms with Crippen LogP contribution in [0.15, 0.2) is 0 Å². The zero-order valence-corrected chi connectivity index (χ0v) is 4.43. The van der Waals surface area contributed by atoms with E-state index < -0.39 is 17.8 Å². The van der Waals surface area contributed by atoms with Gasteiger partial charge in [-0.15, -0.1) is 0 Å². The first-order valence-electron chi connectivity index (χ1n) is 2.32. The molecular formula is C10H28N2O3. The third-order valence-corrected chi connectivity index (χ3v) is 0.827. The highest BCUT2D eigenvalue weighted by Crippen LogP contribution is 1.85. The second-order valence-electron chi connectivity index (χ2n) is 1.60. The third-order valence-electron chi connectivity index (χ3n) is 0.827. The van der Waals surface area contributed by atoms with Crippen molar-refractivity contribution in [3.05, 3.63) is 0 Å². The summed E-state index contributed by atoms with van der Waals surface area (Å²) >= 11 is 0. The van der Waals surface area contributed by atoms with Crippen molar-refractivity contribution in [3.8, 4) is 0 Å². The van der Waals surface area contributed by atoms with E-state index in [1.165, 1.54) is 0 Å². The van der Waals surface area contributed by atoms with Crippen LogP contribution >= 0.6 is 0 Å². The fourth-order valence-corrected chi connectivity index (χ4v) is 0.519. The van der Waals surface area contributed by atoms with E-state index >= 15 is 0 Å². The van der Waals surface area contributed by atoms with E-state index in [-0.39, 0.29) is 51.0 Å². The monoisotopic (exact) mass is 224 g/mol. The molecule has 1 rings (SSSR count). The van der Waals surface area contributed by atoms with Crippen LogP contribution in [0.2, 0.25) is 0 Å². The maximum atomic E-state index is 10.3. The third kappa shape index (κ3) is 12.6. The molecular weight excluding hydrogens is 196 g/mol. The first kappa shape index (κ1) is 37.4. The van der Waals surface area contributed by atoms with E-state index in [1.807, 2.05) is 10.6 Å². The van der Waals surface area contributed by atoms with Crippen molar-refractivity contribution in [2.75, 3.05) is 0 Å². The zero-order valence-electron chi connectivity index (χ0n) is 4.43. The van der Waals surface area contributed by atoms with Crippen molar-refractivity contribution >= 4 is 17.8 Å². The predicted octanol–water partition coefficient (Wildman–Crippen LogP) is 2.56. The van der Waals surface area contributed by atoms with Gasteiger partial charge in [-0.25, -0.2) is 4.79 Å². The number of hydrogen-bond acceptors (Lipinski definition) is 3. The summed E-state index contributed by atoms with van der Waals surface area (Å²) in [6, 6.07) is -0.740. The van der Waals surface area contributed by atoms with Crippen LogP contribution in [0.25, 0.3) is 0 Å². The van der Waals surface area contributed by atoms with Gasteiger partial charge >= 0.3 is 6.03 Å². The SMILES string of the molecule is C.C.C.C.C.C.O=C1CC(=O)NC(=O)N1. The molecule has 0 unspecified atom stereocenters. The van der Waals surface area contributed by atoms with Crippen LogP contribution in [0, 0.1) is 0 Å². The largest absolute Gasteiger partial charge is 0.328 e. The second kappa shape index (κ2) is 15.1. The molecule has 0 bridgehead atoms. The Balaban J connectivity index is -0.0000000337. The van der Waals surface area contributed by atoms with Gasteiger partial charge in [0.15, 0.2) is 0 Å². The van der Waals surface area contributed by atoms with Gasteiger partial charge in [0.25, 0.3) is 0 Å². The maximum absolute atomic E-state index is 10.3. The highest BCUT2D eigenvalue weighted by atomic mass is 16.2. The number of rotatable bonds is 0. The van der Waals surface area contributed by atoms with Gasteiger partial charge in [0, 0.05) is 0 Å². The lowest BCUT2D eigenvalue weighted by atomic mass is 10.3. The predicted molar refractivity (Wildman–Crippen MR) is 66.7 cm³/mol. The minimum atomic E-state index is -0.740. The lowest BCUT2D eigenvalue weighted by molar-refractivity contribution is -0.129. The number of carbonyl (C=O) groups is 3. The number of nitrogens with one attached hydrogen (secondary N) is 2. The molecule has 15 heavy (non-hydrogen) atoms. The van der Waals surface area contributed by atoms with Crippen LogP contribution in [0.3, 0.4) is 0 Å². The van der Waals surface area contributed by atoms with Gasteiger partial charge in [0.1, 0.15) is 6.42 Å². The zero-order chi connectivity index (χ0) is 6.85. The smallest absolute Gasteiger partial charge is 0.277 e. The molecule has 5 heteroatoms. The van der Waals surface area contributed by atoms with E-state index in [4.69, 9.17) is 0 Å². The van der Waals surface area contributed by atoms with Gasteiger partial charge in [0.2, 0.25) is 11.8 Å². The minimum absolute atomic E-state index is 0. The highest BCUT2D eigenvalue weighted by molar-refractivity contribution is 6.14. The molecule has 0 aromatic heterocycles. The molecule has 4 amide bonds. The number of barbiturate groups is 1. The quantitative estimate of drug-likeness (QED) is 0.621. The normalized spacial score (nSPS) is 11.3. The van der Waals surface area contributed by atoms with Gasteiger partial charge in [-0.05, 0) is 0 Å². The molecule has 0 aromatic carbocycles. The summed E-state index contributed by atoms with van der Waals surface area (Å²) in [5.41, 5.74) is 0. The number of amides is 4. The topological polar surface area (TPSA) is 75.3 Å². The average molecular weight is 224 g/mol. The summed E-state index contributed by atoms with van der Waals surface area (Å²) in [5, 5.41) is 3.80. The molecule has 1 heterocycles. The summed E-state index contributed by atoms with van der Waals surface area (Å²) in [6.07, 6.45) is -0.258. The fraction of sp³-hybridized carbons (Fsp3) is 0.700. The minimum Gasteiger partial charge on any atom is -0.277 e. The lowest BCUT2D eigenvalue weighted by Gasteiger charge is -2.09. The van der Waals surface area contributed by atoms with Gasteiger partial charge in [-0.1, -0.05) is 44.6 Å². The number of urea groups is 1. The summed E-state index contributed by atoms with van der Waals surface area (Å²) < 4.78 is 0. The molecule has 0 aromatic rings. The van der Waals surface area contributed by atoms with Crippen molar-refractivity contribution < 1.29 is 14.4 Å². The molecule has 1 aliphatic heterocycles. The number of hydrogen-bond donors (Lipinski definition) is 2. The van der Waals surface area contributed by atoms with E-state index in [1.54, 1.807) is 0 Å². The Bertz CT molecular complexity index is 146. The Labute approximate surface area is 94.6 Å². The molecule has 0 atom stereocenters. The van der Waals surface area contributed by atoms with Gasteiger partial charge in [0.05, 0.1) is 0 Å². The summed E-state index contributed by atoms with van der Waals surface area (Å²) in [4.78, 5) is 30.8. The maximum Gasteiger partial charge on any atom is 0.328 e. The molecule has 0 aliphatic carbocycles. The van der Waals surface area contributed by atoms with Crippen LogP contribution in [0.1, 0.15) is 51.0 Å². The molecule has 0 saturated carbocycles. The van der Waals surface area contributed by atoms with Crippen molar-refractivity contribution in [2.24, 2.45) is 0 Å². The van der Waals surface area contributed by atoms with Crippen LogP contribution in [0.4, 0.5) is 4.79 Å². The van der Waals surface area contributed by atoms with E-state index in [0.29, 0.717) is 0 Å². The van der Waals surface area contributed by atoms with Crippen molar-refractivity contribution in [1.29, 1.82) is 0 Å². The summed E-state index contributed by atoms with van der Waals surface area (Å²) in [5.74, 6) is -1.10. The second-order valence-corrected chi connectivity index (χ2v) is 1.60. The Kier molecular flexibility index (Phi) is 37.6. The van der Waals surface area contributed by atoms with Crippen molar-refractivity contribution in [3.63, 3.8) is 0 Å². The molecule has 1 saturated heterocycles. The average Bonchev–Trinajstić information content (AvgIpc) is 1.59. The molecule has 5 nitrogen and oxygen atoms in total. The first-order chi connectivity index (χ1) is 4.18. The number of imide groups is 2. The lowest BCUT2D eigenvalue weighted by Crippen LogP contribution is -2.49. The van der Waals surface area contributed by atoms with Crippen LogP contribution in [0.5, 0.6) is 0 Å². The van der Waals surface area contributed by atoms with Crippen LogP contribution in [-0.2, 0) is 9.59 Å². The van der Waals surface area contributed by atoms with E-state index in [9.17, 15) is 14.4 Å². The first-order valence-corrected chi connectivity index (χ1v) is 2.32. The van der Waals surface area contributed by atoms with Crippen LogP contribution < -0.4 is 10.6 Å². The molecule has 0 radical (unpaired) electrons. The fourth-order valence-electron chi connectivity index (χ4n) is 0.519. The molecule has 1 aliphatic rings. The van der Waals surface area contributed by atoms with Crippen LogP contribution in [-0.4, -0.2) is 17.8 Å². The Morgan fingerprint density at radius 2 is 0.933 bits per heavy atom. The molecule has 2 N–H and O–H groups in total. The standard InChI is InChI=1S/C4H4N2O3.6CH4/c7-2-1-3(8)6-4(9)5-2;;;;;;/h1H2,(H2,5,6,7,8,9);6*1H4. The van der Waals surface area contributed by atoms with Gasteiger partial charge in [-0.3, -0.25) is 20.2 Å². The van der Waals surface area contributed by atoms with Crippen molar-refractivity contribution in [2.45, 2.75) is 51.0 Å². The van der Waals surface area contributed by atoms with Gasteiger partial charge < -0.3 is 0 Å². The Morgan fingerprint density at radius 1 is 0.667 bits per heavy atom. The molecule has 96 valence electrons. The van der Waals surface area contributed by atoms with E-state index in [0.717, 1.165) is 0 Å². The highest BCUT2D eigenvalue weighted by Gasteiger charge is 2.20. The Hall–Kier alpha value is -1.39. The van der Waals surface area contributed by atoms with E-state index in [2.05, 4.69) is 0 Å². The van der Waals surface area contributed by atoms with Crippen molar-refractivity contribution in [1.82, 2.24) is 10.6 Å². The molecule has 0 spiro atoms. The Morgan fingerprint density at radius 3 is 1.13 bits per heavy atom. The molecule has 1 fully saturated rings.